The number of hydrogen-bond acceptors (Lipinski definition) is 3. The van der Waals surface area contributed by atoms with E-state index in [2.05, 4.69) is 6.58 Å². The first kappa shape index (κ1) is 20.7. The lowest BCUT2D eigenvalue weighted by Gasteiger charge is -2.37. The van der Waals surface area contributed by atoms with E-state index in [4.69, 9.17) is 0 Å². The molecule has 2 aromatic rings. The van der Waals surface area contributed by atoms with Crippen molar-refractivity contribution in [2.75, 3.05) is 0 Å². The van der Waals surface area contributed by atoms with Gasteiger partial charge >= 0.3 is 0 Å². The third-order valence-corrected chi connectivity index (χ3v) is 5.76. The van der Waals surface area contributed by atoms with Gasteiger partial charge in [0.2, 0.25) is 0 Å². The standard InChI is InChI=1S/C26H26O3/c1-16(27)13-14-23-18(3)25(29)22(15-26(23,4)5)17(2)24(28)21-12-8-10-19-9-6-7-11-20(19)21/h6-14,22H,2,15H2,1,3-5H3/b14-13+/t22-/m1/s1. The molecule has 148 valence electrons. The van der Waals surface area contributed by atoms with E-state index in [0.29, 0.717) is 23.1 Å². The van der Waals surface area contributed by atoms with Crippen LogP contribution in [0.25, 0.3) is 10.8 Å². The van der Waals surface area contributed by atoms with E-state index in [9.17, 15) is 14.4 Å². The van der Waals surface area contributed by atoms with Gasteiger partial charge in [0.15, 0.2) is 17.3 Å². The molecule has 0 heterocycles. The van der Waals surface area contributed by atoms with E-state index in [-0.39, 0.29) is 22.8 Å². The van der Waals surface area contributed by atoms with Gasteiger partial charge in [-0.1, -0.05) is 69.0 Å². The number of allylic oxidation sites excluding steroid dienone is 5. The van der Waals surface area contributed by atoms with Gasteiger partial charge < -0.3 is 0 Å². The molecule has 29 heavy (non-hydrogen) atoms. The molecule has 0 radical (unpaired) electrons. The van der Waals surface area contributed by atoms with Gasteiger partial charge in [-0.25, -0.2) is 0 Å². The number of ketones is 3. The van der Waals surface area contributed by atoms with Crippen LogP contribution in [-0.4, -0.2) is 17.3 Å². The van der Waals surface area contributed by atoms with Gasteiger partial charge in [-0.2, -0.15) is 0 Å². The normalized spacial score (nSPS) is 19.0. The van der Waals surface area contributed by atoms with Crippen LogP contribution >= 0.6 is 0 Å². The number of carbonyl (C=O) groups is 3. The molecule has 0 amide bonds. The Balaban J connectivity index is 1.99. The van der Waals surface area contributed by atoms with Crippen LogP contribution < -0.4 is 0 Å². The first-order chi connectivity index (χ1) is 13.6. The predicted octanol–water partition coefficient (Wildman–Crippen LogP) is 5.66. The first-order valence-corrected chi connectivity index (χ1v) is 9.79. The molecule has 0 saturated heterocycles. The molecule has 0 N–H and O–H groups in total. The maximum atomic E-state index is 13.3. The minimum Gasteiger partial charge on any atom is -0.295 e. The summed E-state index contributed by atoms with van der Waals surface area (Å²) in [5.41, 5.74) is 1.99. The molecule has 1 aliphatic rings. The second-order valence-electron chi connectivity index (χ2n) is 8.37. The minimum absolute atomic E-state index is 0.0637. The van der Waals surface area contributed by atoms with Crippen LogP contribution in [0.2, 0.25) is 0 Å². The Hall–Kier alpha value is -3.07. The van der Waals surface area contributed by atoms with Crippen LogP contribution in [0, 0.1) is 11.3 Å². The highest BCUT2D eigenvalue weighted by Crippen LogP contribution is 2.44. The lowest BCUT2D eigenvalue weighted by molar-refractivity contribution is -0.119. The molecular formula is C26H26O3. The van der Waals surface area contributed by atoms with Gasteiger partial charge in [-0.3, -0.25) is 14.4 Å². The highest BCUT2D eigenvalue weighted by Gasteiger charge is 2.40. The van der Waals surface area contributed by atoms with Crippen LogP contribution in [-0.2, 0) is 9.59 Å². The summed E-state index contributed by atoms with van der Waals surface area (Å²) in [5.74, 6) is -0.908. The monoisotopic (exact) mass is 386 g/mol. The van der Waals surface area contributed by atoms with Crippen LogP contribution in [0.3, 0.4) is 0 Å². The third kappa shape index (κ3) is 3.91. The predicted molar refractivity (Wildman–Crippen MR) is 117 cm³/mol. The fraction of sp³-hybridized carbons (Fsp3) is 0.269. The molecule has 0 spiro atoms. The Bertz CT molecular complexity index is 1090. The van der Waals surface area contributed by atoms with Gasteiger partial charge in [-0.15, -0.1) is 0 Å². The average Bonchev–Trinajstić information content (AvgIpc) is 2.68. The van der Waals surface area contributed by atoms with E-state index >= 15 is 0 Å². The van der Waals surface area contributed by atoms with E-state index in [1.807, 2.05) is 50.2 Å². The maximum Gasteiger partial charge on any atom is 0.189 e. The summed E-state index contributed by atoms with van der Waals surface area (Å²) in [5, 5.41) is 1.84. The van der Waals surface area contributed by atoms with Crippen molar-refractivity contribution in [1.29, 1.82) is 0 Å². The van der Waals surface area contributed by atoms with E-state index in [0.717, 1.165) is 16.3 Å². The molecule has 3 rings (SSSR count). The van der Waals surface area contributed by atoms with Crippen molar-refractivity contribution in [3.63, 3.8) is 0 Å². The summed E-state index contributed by atoms with van der Waals surface area (Å²) < 4.78 is 0. The maximum absolute atomic E-state index is 13.3. The van der Waals surface area contributed by atoms with E-state index in [1.165, 1.54) is 13.0 Å². The molecule has 0 aliphatic heterocycles. The van der Waals surface area contributed by atoms with Crippen LogP contribution in [0.15, 0.2) is 77.9 Å². The molecule has 0 bridgehead atoms. The Morgan fingerprint density at radius 2 is 1.76 bits per heavy atom. The average molecular weight is 386 g/mol. The summed E-state index contributed by atoms with van der Waals surface area (Å²) in [4.78, 5) is 37.8. The van der Waals surface area contributed by atoms with Crippen molar-refractivity contribution < 1.29 is 14.4 Å². The van der Waals surface area contributed by atoms with E-state index < -0.39 is 5.92 Å². The Kier molecular flexibility index (Phi) is 5.52. The highest BCUT2D eigenvalue weighted by molar-refractivity contribution is 6.19. The summed E-state index contributed by atoms with van der Waals surface area (Å²) in [6.45, 7) is 11.4. The van der Waals surface area contributed by atoms with Crippen molar-refractivity contribution >= 4 is 28.1 Å². The lowest BCUT2D eigenvalue weighted by atomic mass is 9.65. The minimum atomic E-state index is -0.564. The van der Waals surface area contributed by atoms with Gasteiger partial charge in [-0.05, 0) is 53.7 Å². The topological polar surface area (TPSA) is 51.2 Å². The van der Waals surface area contributed by atoms with Crippen molar-refractivity contribution in [2.24, 2.45) is 11.3 Å². The zero-order valence-electron chi connectivity index (χ0n) is 17.4. The fourth-order valence-electron chi connectivity index (χ4n) is 4.20. The SMILES string of the molecule is C=C(C(=O)c1cccc2ccccc12)[C@H]1CC(C)(C)C(/C=C/C(C)=O)=C(C)C1=O. The molecule has 0 unspecified atom stereocenters. The van der Waals surface area contributed by atoms with Crippen molar-refractivity contribution in [3.05, 3.63) is 83.5 Å². The zero-order valence-corrected chi connectivity index (χ0v) is 17.4. The van der Waals surface area contributed by atoms with Gasteiger partial charge in [0, 0.05) is 11.1 Å². The van der Waals surface area contributed by atoms with E-state index in [1.54, 1.807) is 19.1 Å². The van der Waals surface area contributed by atoms with Crippen molar-refractivity contribution in [2.45, 2.75) is 34.1 Å². The Morgan fingerprint density at radius 3 is 2.45 bits per heavy atom. The molecule has 3 heteroatoms. The summed E-state index contributed by atoms with van der Waals surface area (Å²) in [6.07, 6.45) is 3.71. The summed E-state index contributed by atoms with van der Waals surface area (Å²) in [6, 6.07) is 13.3. The van der Waals surface area contributed by atoms with Crippen LogP contribution in [0.4, 0.5) is 0 Å². The highest BCUT2D eigenvalue weighted by atomic mass is 16.1. The number of hydrogen-bond donors (Lipinski definition) is 0. The van der Waals surface area contributed by atoms with Crippen LogP contribution in [0.5, 0.6) is 0 Å². The van der Waals surface area contributed by atoms with Crippen molar-refractivity contribution in [3.8, 4) is 0 Å². The molecule has 1 atom stereocenters. The lowest BCUT2D eigenvalue weighted by Crippen LogP contribution is -2.34. The van der Waals surface area contributed by atoms with Crippen molar-refractivity contribution in [1.82, 2.24) is 0 Å². The second-order valence-corrected chi connectivity index (χ2v) is 8.37. The smallest absolute Gasteiger partial charge is 0.189 e. The number of carbonyl (C=O) groups excluding carboxylic acids is 3. The number of rotatable bonds is 5. The summed E-state index contributed by atoms with van der Waals surface area (Å²) >= 11 is 0. The Labute approximate surface area is 171 Å². The quantitative estimate of drug-likeness (QED) is 0.492. The molecule has 2 aromatic carbocycles. The molecule has 0 aromatic heterocycles. The largest absolute Gasteiger partial charge is 0.295 e. The second kappa shape index (κ2) is 7.75. The van der Waals surface area contributed by atoms with Gasteiger partial charge in [0.25, 0.3) is 0 Å². The molecular weight excluding hydrogens is 360 g/mol. The molecule has 0 saturated carbocycles. The first-order valence-electron chi connectivity index (χ1n) is 9.79. The molecule has 0 fully saturated rings. The molecule has 3 nitrogen and oxygen atoms in total. The zero-order chi connectivity index (χ0) is 21.3. The summed E-state index contributed by atoms with van der Waals surface area (Å²) in [7, 11) is 0. The number of benzene rings is 2. The fourth-order valence-corrected chi connectivity index (χ4v) is 4.20. The van der Waals surface area contributed by atoms with Gasteiger partial charge in [0.1, 0.15) is 0 Å². The Morgan fingerprint density at radius 1 is 1.10 bits per heavy atom. The third-order valence-electron chi connectivity index (χ3n) is 5.76. The molecule has 1 aliphatic carbocycles. The van der Waals surface area contributed by atoms with Crippen LogP contribution in [0.1, 0.15) is 44.5 Å². The number of Topliss-reactive ketones (excluding diaryl/α,β-unsaturated/α-hetero) is 2. The van der Waals surface area contributed by atoms with Gasteiger partial charge in [0.05, 0.1) is 5.92 Å². The number of fused-ring (bicyclic) bond motifs is 1.